The molecule has 0 aliphatic rings. The van der Waals surface area contributed by atoms with Crippen molar-refractivity contribution in [2.24, 2.45) is 0 Å². The number of anilines is 1. The number of nitrogens with zero attached hydrogens (tertiary/aromatic N) is 1. The van der Waals surface area contributed by atoms with E-state index < -0.39 is 0 Å². The van der Waals surface area contributed by atoms with E-state index in [1.807, 2.05) is 50.8 Å². The Morgan fingerprint density at radius 3 is 2.35 bits per heavy atom. The molecule has 1 aromatic rings. The molecule has 0 unspecified atom stereocenters. The molecule has 0 fully saturated rings. The van der Waals surface area contributed by atoms with Crippen molar-refractivity contribution in [3.05, 3.63) is 29.3 Å². The Morgan fingerprint density at radius 1 is 1.13 bits per heavy atom. The minimum absolute atomic E-state index is 0.0558. The summed E-state index contributed by atoms with van der Waals surface area (Å²) >= 11 is 0. The highest BCUT2D eigenvalue weighted by Crippen LogP contribution is 2.20. The monoisotopic (exact) mass is 319 g/mol. The van der Waals surface area contributed by atoms with Crippen molar-refractivity contribution in [2.75, 3.05) is 25.0 Å². The second-order valence-corrected chi connectivity index (χ2v) is 6.04. The summed E-state index contributed by atoms with van der Waals surface area (Å²) in [5, 5.41) is 5.84. The van der Waals surface area contributed by atoms with Gasteiger partial charge in [-0.3, -0.25) is 14.5 Å². The van der Waals surface area contributed by atoms with Crippen molar-refractivity contribution >= 4 is 17.5 Å². The highest BCUT2D eigenvalue weighted by molar-refractivity contribution is 5.94. The topological polar surface area (TPSA) is 61.4 Å². The predicted molar refractivity (Wildman–Crippen MR) is 94.6 cm³/mol. The molecule has 0 saturated heterocycles. The summed E-state index contributed by atoms with van der Waals surface area (Å²) in [6.45, 7) is 10.9. The van der Waals surface area contributed by atoms with Crippen LogP contribution in [0.4, 0.5) is 5.69 Å². The third-order valence-corrected chi connectivity index (χ3v) is 3.64. The Bertz CT molecular complexity index is 541. The third-order valence-electron chi connectivity index (χ3n) is 3.64. The van der Waals surface area contributed by atoms with Crippen LogP contribution >= 0.6 is 0 Å². The molecule has 0 saturated carbocycles. The number of para-hydroxylation sites is 1. The number of likely N-dealkylation sites (N-methyl/N-ethyl adjacent to an activating group) is 1. The summed E-state index contributed by atoms with van der Waals surface area (Å²) in [6.07, 6.45) is 0.867. The van der Waals surface area contributed by atoms with Crippen LogP contribution in [0, 0.1) is 6.92 Å². The molecule has 0 aliphatic carbocycles. The molecule has 0 aromatic heterocycles. The third kappa shape index (κ3) is 6.40. The van der Waals surface area contributed by atoms with Gasteiger partial charge >= 0.3 is 0 Å². The van der Waals surface area contributed by atoms with Crippen LogP contribution in [0.5, 0.6) is 0 Å². The van der Waals surface area contributed by atoms with Crippen LogP contribution in [-0.2, 0) is 16.0 Å². The van der Waals surface area contributed by atoms with Gasteiger partial charge in [-0.1, -0.05) is 32.0 Å². The number of carbonyl (C=O) groups excluding carboxylic acids is 2. The van der Waals surface area contributed by atoms with Crippen molar-refractivity contribution in [2.45, 2.75) is 47.1 Å². The van der Waals surface area contributed by atoms with E-state index in [0.29, 0.717) is 6.54 Å². The Kier molecular flexibility index (Phi) is 7.75. The molecule has 1 rings (SSSR count). The number of carbonyl (C=O) groups is 2. The van der Waals surface area contributed by atoms with E-state index in [1.165, 1.54) is 0 Å². The minimum atomic E-state index is -0.0896. The normalized spacial score (nSPS) is 10.9. The Balaban J connectivity index is 2.66. The molecule has 23 heavy (non-hydrogen) atoms. The van der Waals surface area contributed by atoms with Crippen LogP contribution in [0.25, 0.3) is 0 Å². The Hall–Kier alpha value is -1.88. The van der Waals surface area contributed by atoms with E-state index in [0.717, 1.165) is 23.2 Å². The smallest absolute Gasteiger partial charge is 0.238 e. The standard InChI is InChI=1S/C18H29N3O2/c1-6-15-10-8-9-14(5)18(15)20-17(23)12-21(7-2)11-16(22)19-13(3)4/h8-10,13H,6-7,11-12H2,1-5H3,(H,19,22)(H,20,23). The average molecular weight is 319 g/mol. The van der Waals surface area contributed by atoms with Gasteiger partial charge in [-0.25, -0.2) is 0 Å². The first-order valence-electron chi connectivity index (χ1n) is 8.27. The van der Waals surface area contributed by atoms with Gasteiger partial charge in [-0.15, -0.1) is 0 Å². The van der Waals surface area contributed by atoms with Crippen molar-refractivity contribution in [1.82, 2.24) is 10.2 Å². The molecule has 128 valence electrons. The molecule has 2 N–H and O–H groups in total. The fraction of sp³-hybridized carbons (Fsp3) is 0.556. The van der Waals surface area contributed by atoms with Gasteiger partial charge in [0.1, 0.15) is 0 Å². The lowest BCUT2D eigenvalue weighted by atomic mass is 10.1. The summed E-state index contributed by atoms with van der Waals surface area (Å²) in [6, 6.07) is 6.12. The zero-order valence-electron chi connectivity index (χ0n) is 14.9. The molecule has 0 atom stereocenters. The van der Waals surface area contributed by atoms with Gasteiger partial charge in [0.15, 0.2) is 0 Å². The highest BCUT2D eigenvalue weighted by Gasteiger charge is 2.15. The van der Waals surface area contributed by atoms with Crippen LogP contribution in [0.2, 0.25) is 0 Å². The molecule has 0 bridgehead atoms. The van der Waals surface area contributed by atoms with E-state index in [4.69, 9.17) is 0 Å². The number of hydrogen-bond donors (Lipinski definition) is 2. The first-order chi connectivity index (χ1) is 10.9. The molecular formula is C18H29N3O2. The number of amides is 2. The largest absolute Gasteiger partial charge is 0.353 e. The highest BCUT2D eigenvalue weighted by atomic mass is 16.2. The Labute approximate surface area is 139 Å². The molecule has 1 aromatic carbocycles. The SMILES string of the molecule is CCc1cccc(C)c1NC(=O)CN(CC)CC(=O)NC(C)C. The summed E-state index contributed by atoms with van der Waals surface area (Å²) in [7, 11) is 0. The van der Waals surface area contributed by atoms with Gasteiger partial charge in [0.05, 0.1) is 13.1 Å². The fourth-order valence-electron chi connectivity index (χ4n) is 2.43. The number of aryl methyl sites for hydroxylation is 2. The van der Waals surface area contributed by atoms with Gasteiger partial charge in [0.25, 0.3) is 0 Å². The zero-order chi connectivity index (χ0) is 17.4. The van der Waals surface area contributed by atoms with Crippen molar-refractivity contribution in [3.8, 4) is 0 Å². The predicted octanol–water partition coefficient (Wildman–Crippen LogP) is 2.34. The maximum absolute atomic E-state index is 12.3. The van der Waals surface area contributed by atoms with Crippen LogP contribution in [-0.4, -0.2) is 42.4 Å². The lowest BCUT2D eigenvalue weighted by molar-refractivity contribution is -0.123. The summed E-state index contributed by atoms with van der Waals surface area (Å²) < 4.78 is 0. The first kappa shape index (κ1) is 19.2. The van der Waals surface area contributed by atoms with Crippen LogP contribution in [0.1, 0.15) is 38.8 Å². The number of rotatable bonds is 8. The van der Waals surface area contributed by atoms with Gasteiger partial charge < -0.3 is 10.6 Å². The summed E-state index contributed by atoms with van der Waals surface area (Å²) in [4.78, 5) is 26.0. The van der Waals surface area contributed by atoms with E-state index >= 15 is 0 Å². The van der Waals surface area contributed by atoms with Crippen molar-refractivity contribution in [3.63, 3.8) is 0 Å². The quantitative estimate of drug-likeness (QED) is 0.773. The van der Waals surface area contributed by atoms with Crippen LogP contribution in [0.3, 0.4) is 0 Å². The second kappa shape index (κ2) is 9.30. The van der Waals surface area contributed by atoms with E-state index in [9.17, 15) is 9.59 Å². The summed E-state index contributed by atoms with van der Waals surface area (Å²) in [5.74, 6) is -0.145. The summed E-state index contributed by atoms with van der Waals surface area (Å²) in [5.41, 5.74) is 3.07. The lowest BCUT2D eigenvalue weighted by Crippen LogP contribution is -2.42. The molecular weight excluding hydrogens is 290 g/mol. The molecule has 0 heterocycles. The molecule has 0 radical (unpaired) electrons. The average Bonchev–Trinajstić information content (AvgIpc) is 2.47. The van der Waals surface area contributed by atoms with Gasteiger partial charge in [-0.2, -0.15) is 0 Å². The van der Waals surface area contributed by atoms with Crippen molar-refractivity contribution < 1.29 is 9.59 Å². The number of benzene rings is 1. The second-order valence-electron chi connectivity index (χ2n) is 6.04. The van der Waals surface area contributed by atoms with E-state index in [-0.39, 0.29) is 30.9 Å². The van der Waals surface area contributed by atoms with Crippen LogP contribution < -0.4 is 10.6 Å². The molecule has 0 spiro atoms. The molecule has 2 amide bonds. The zero-order valence-corrected chi connectivity index (χ0v) is 14.9. The fourth-order valence-corrected chi connectivity index (χ4v) is 2.43. The van der Waals surface area contributed by atoms with Gasteiger partial charge in [0, 0.05) is 11.7 Å². The maximum Gasteiger partial charge on any atom is 0.238 e. The van der Waals surface area contributed by atoms with Crippen molar-refractivity contribution in [1.29, 1.82) is 0 Å². The molecule has 5 nitrogen and oxygen atoms in total. The molecule has 0 aliphatic heterocycles. The lowest BCUT2D eigenvalue weighted by Gasteiger charge is -2.21. The minimum Gasteiger partial charge on any atom is -0.353 e. The first-order valence-corrected chi connectivity index (χ1v) is 8.27. The van der Waals surface area contributed by atoms with Crippen LogP contribution in [0.15, 0.2) is 18.2 Å². The number of nitrogens with one attached hydrogen (secondary N) is 2. The van der Waals surface area contributed by atoms with Gasteiger partial charge in [-0.05, 0) is 44.9 Å². The maximum atomic E-state index is 12.3. The molecule has 5 heteroatoms. The van der Waals surface area contributed by atoms with E-state index in [2.05, 4.69) is 17.6 Å². The Morgan fingerprint density at radius 2 is 1.78 bits per heavy atom. The van der Waals surface area contributed by atoms with Gasteiger partial charge in [0.2, 0.25) is 11.8 Å². The number of hydrogen-bond acceptors (Lipinski definition) is 3. The van der Waals surface area contributed by atoms with E-state index in [1.54, 1.807) is 0 Å².